The van der Waals surface area contributed by atoms with Gasteiger partial charge in [-0.1, -0.05) is 26.2 Å². The fourth-order valence-electron chi connectivity index (χ4n) is 1.40. The minimum Gasteiger partial charge on any atom is -0.301 e. The number of hydrogen-bond donors (Lipinski definition) is 0. The molecule has 0 aromatic heterocycles. The van der Waals surface area contributed by atoms with Gasteiger partial charge in [0, 0.05) is 12.1 Å². The summed E-state index contributed by atoms with van der Waals surface area (Å²) >= 11 is 0. The van der Waals surface area contributed by atoms with E-state index in [9.17, 15) is 0 Å². The van der Waals surface area contributed by atoms with E-state index < -0.39 is 0 Å². The van der Waals surface area contributed by atoms with Gasteiger partial charge in [-0.15, -0.1) is 0 Å². The molecule has 0 bridgehead atoms. The highest BCUT2D eigenvalue weighted by atomic mass is 15.1. The Hall–Kier alpha value is -0.0400. The molecule has 0 aliphatic heterocycles. The van der Waals surface area contributed by atoms with Gasteiger partial charge in [0.05, 0.1) is 0 Å². The van der Waals surface area contributed by atoms with Crippen LogP contribution in [0.25, 0.3) is 0 Å². The zero-order chi connectivity index (χ0) is 9.56. The summed E-state index contributed by atoms with van der Waals surface area (Å²) < 4.78 is 0. The SMILES string of the molecule is CCCCC[C@@H](C)N(C)C(C)C. The van der Waals surface area contributed by atoms with E-state index in [0.717, 1.165) is 6.04 Å². The molecule has 0 amide bonds. The van der Waals surface area contributed by atoms with Gasteiger partial charge < -0.3 is 4.90 Å². The second kappa shape index (κ2) is 6.47. The molecule has 0 aromatic carbocycles. The molecule has 0 rings (SSSR count). The fourth-order valence-corrected chi connectivity index (χ4v) is 1.40. The summed E-state index contributed by atoms with van der Waals surface area (Å²) in [7, 11) is 2.22. The van der Waals surface area contributed by atoms with Crippen LogP contribution < -0.4 is 0 Å². The van der Waals surface area contributed by atoms with Crippen molar-refractivity contribution in [2.75, 3.05) is 7.05 Å². The largest absolute Gasteiger partial charge is 0.301 e. The molecule has 12 heavy (non-hydrogen) atoms. The predicted octanol–water partition coefficient (Wildman–Crippen LogP) is 3.30. The maximum Gasteiger partial charge on any atom is 0.00665 e. The third kappa shape index (κ3) is 4.76. The van der Waals surface area contributed by atoms with Crippen LogP contribution in [0, 0.1) is 0 Å². The summed E-state index contributed by atoms with van der Waals surface area (Å²) in [5, 5.41) is 0. The second-order valence-electron chi connectivity index (χ2n) is 4.10. The molecule has 0 aliphatic carbocycles. The van der Waals surface area contributed by atoms with E-state index in [1.54, 1.807) is 0 Å². The van der Waals surface area contributed by atoms with Gasteiger partial charge in [-0.05, 0) is 34.2 Å². The molecule has 0 heterocycles. The van der Waals surface area contributed by atoms with E-state index >= 15 is 0 Å². The summed E-state index contributed by atoms with van der Waals surface area (Å²) in [6, 6.07) is 1.43. The van der Waals surface area contributed by atoms with Crippen LogP contribution in [0.4, 0.5) is 0 Å². The van der Waals surface area contributed by atoms with Gasteiger partial charge in [0.15, 0.2) is 0 Å². The molecule has 1 nitrogen and oxygen atoms in total. The summed E-state index contributed by atoms with van der Waals surface area (Å²) in [6.45, 7) is 9.11. The van der Waals surface area contributed by atoms with Crippen molar-refractivity contribution in [3.63, 3.8) is 0 Å². The van der Waals surface area contributed by atoms with Crippen LogP contribution in [0.15, 0.2) is 0 Å². The standard InChI is InChI=1S/C11H25N/c1-6-7-8-9-11(4)12(5)10(2)3/h10-11H,6-9H2,1-5H3/t11-/m1/s1. The normalized spacial score (nSPS) is 14.2. The van der Waals surface area contributed by atoms with Crippen LogP contribution in [0.3, 0.4) is 0 Å². The van der Waals surface area contributed by atoms with Gasteiger partial charge >= 0.3 is 0 Å². The molecular weight excluding hydrogens is 146 g/mol. The Labute approximate surface area is 78.1 Å². The molecule has 0 saturated heterocycles. The lowest BCUT2D eigenvalue weighted by atomic mass is 10.1. The van der Waals surface area contributed by atoms with Crippen LogP contribution in [-0.2, 0) is 0 Å². The molecule has 0 fully saturated rings. The minimum atomic E-state index is 0.682. The van der Waals surface area contributed by atoms with E-state index in [1.165, 1.54) is 25.7 Å². The third-order valence-corrected chi connectivity index (χ3v) is 2.74. The molecular formula is C11H25N. The Kier molecular flexibility index (Phi) is 6.45. The van der Waals surface area contributed by atoms with Crippen molar-refractivity contribution >= 4 is 0 Å². The van der Waals surface area contributed by atoms with Crippen LogP contribution >= 0.6 is 0 Å². The van der Waals surface area contributed by atoms with E-state index in [1.807, 2.05) is 0 Å². The van der Waals surface area contributed by atoms with Crippen LogP contribution in [0.2, 0.25) is 0 Å². The molecule has 0 aliphatic rings. The highest BCUT2D eigenvalue weighted by Crippen LogP contribution is 2.10. The smallest absolute Gasteiger partial charge is 0.00665 e. The first-order valence-corrected chi connectivity index (χ1v) is 5.31. The zero-order valence-electron chi connectivity index (χ0n) is 9.43. The summed E-state index contributed by atoms with van der Waals surface area (Å²) in [5.74, 6) is 0. The van der Waals surface area contributed by atoms with Crippen molar-refractivity contribution in [3.05, 3.63) is 0 Å². The van der Waals surface area contributed by atoms with Gasteiger partial charge in [0.25, 0.3) is 0 Å². The fraction of sp³-hybridized carbons (Fsp3) is 1.00. The Bertz CT molecular complexity index is 99.2. The van der Waals surface area contributed by atoms with E-state index in [0.29, 0.717) is 6.04 Å². The van der Waals surface area contributed by atoms with Crippen molar-refractivity contribution < 1.29 is 0 Å². The number of nitrogens with zero attached hydrogens (tertiary/aromatic N) is 1. The highest BCUT2D eigenvalue weighted by Gasteiger charge is 2.10. The Morgan fingerprint density at radius 2 is 1.67 bits per heavy atom. The Balaban J connectivity index is 3.49. The second-order valence-corrected chi connectivity index (χ2v) is 4.10. The molecule has 0 saturated carbocycles. The Morgan fingerprint density at radius 3 is 2.08 bits per heavy atom. The van der Waals surface area contributed by atoms with Gasteiger partial charge in [0.2, 0.25) is 0 Å². The zero-order valence-corrected chi connectivity index (χ0v) is 9.43. The highest BCUT2D eigenvalue weighted by molar-refractivity contribution is 4.66. The topological polar surface area (TPSA) is 3.24 Å². The summed E-state index contributed by atoms with van der Waals surface area (Å²) in [4.78, 5) is 2.45. The Morgan fingerprint density at radius 1 is 1.08 bits per heavy atom. The average Bonchev–Trinajstić information content (AvgIpc) is 2.03. The molecule has 1 atom stereocenters. The molecule has 0 aromatic rings. The lowest BCUT2D eigenvalue weighted by Gasteiger charge is -2.28. The molecule has 0 N–H and O–H groups in total. The van der Waals surface area contributed by atoms with E-state index in [2.05, 4.69) is 39.6 Å². The number of hydrogen-bond acceptors (Lipinski definition) is 1. The number of unbranched alkanes of at least 4 members (excludes halogenated alkanes) is 2. The van der Waals surface area contributed by atoms with Gasteiger partial charge in [-0.2, -0.15) is 0 Å². The molecule has 74 valence electrons. The first-order chi connectivity index (χ1) is 5.59. The van der Waals surface area contributed by atoms with Crippen molar-refractivity contribution in [3.8, 4) is 0 Å². The maximum atomic E-state index is 2.45. The lowest BCUT2D eigenvalue weighted by Crippen LogP contribution is -2.34. The van der Waals surface area contributed by atoms with Crippen molar-refractivity contribution in [1.82, 2.24) is 4.90 Å². The van der Waals surface area contributed by atoms with Crippen LogP contribution in [0.1, 0.15) is 53.4 Å². The number of rotatable bonds is 6. The molecule has 0 spiro atoms. The van der Waals surface area contributed by atoms with Gasteiger partial charge in [-0.3, -0.25) is 0 Å². The maximum absolute atomic E-state index is 2.45. The van der Waals surface area contributed by atoms with Gasteiger partial charge in [-0.25, -0.2) is 0 Å². The summed E-state index contributed by atoms with van der Waals surface area (Å²) in [6.07, 6.45) is 5.45. The van der Waals surface area contributed by atoms with Crippen LogP contribution in [0.5, 0.6) is 0 Å². The monoisotopic (exact) mass is 171 g/mol. The van der Waals surface area contributed by atoms with Crippen molar-refractivity contribution in [2.24, 2.45) is 0 Å². The summed E-state index contributed by atoms with van der Waals surface area (Å²) in [5.41, 5.74) is 0. The van der Waals surface area contributed by atoms with E-state index in [-0.39, 0.29) is 0 Å². The first kappa shape index (κ1) is 12.0. The average molecular weight is 171 g/mol. The first-order valence-electron chi connectivity index (χ1n) is 5.31. The molecule has 0 unspecified atom stereocenters. The third-order valence-electron chi connectivity index (χ3n) is 2.74. The van der Waals surface area contributed by atoms with Gasteiger partial charge in [0.1, 0.15) is 0 Å². The van der Waals surface area contributed by atoms with Crippen LogP contribution in [-0.4, -0.2) is 24.0 Å². The lowest BCUT2D eigenvalue weighted by molar-refractivity contribution is 0.196. The van der Waals surface area contributed by atoms with Crippen molar-refractivity contribution in [2.45, 2.75) is 65.5 Å². The quantitative estimate of drug-likeness (QED) is 0.554. The van der Waals surface area contributed by atoms with Crippen molar-refractivity contribution in [1.29, 1.82) is 0 Å². The van der Waals surface area contributed by atoms with E-state index in [4.69, 9.17) is 0 Å². The molecule has 1 heteroatoms. The predicted molar refractivity (Wildman–Crippen MR) is 56.5 cm³/mol. The minimum absolute atomic E-state index is 0.682. The molecule has 0 radical (unpaired) electrons.